The number of aromatic nitrogens is 2. The Morgan fingerprint density at radius 2 is 1.34 bits per heavy atom. The summed E-state index contributed by atoms with van der Waals surface area (Å²) in [5.41, 5.74) is 9.11. The van der Waals surface area contributed by atoms with E-state index in [0.717, 1.165) is 86.5 Å². The van der Waals surface area contributed by atoms with Crippen molar-refractivity contribution in [2.45, 2.75) is 69.9 Å². The Bertz CT molecular complexity index is 2480. The molecule has 4 aromatic rings. The third-order valence-corrected chi connectivity index (χ3v) is 14.5. The van der Waals surface area contributed by atoms with Gasteiger partial charge in [0, 0.05) is 63.5 Å². The van der Waals surface area contributed by atoms with Crippen LogP contribution in [0.2, 0.25) is 0 Å². The predicted octanol–water partition coefficient (Wildman–Crippen LogP) is 5.66. The van der Waals surface area contributed by atoms with E-state index in [1.807, 2.05) is 75.1 Å². The number of nitrogens with two attached hydrogens (primary N) is 1. The molecule has 0 radical (unpaired) electrons. The molecule has 16 nitrogen and oxygen atoms in total. The molecule has 64 heavy (non-hydrogen) atoms. The fourth-order valence-electron chi connectivity index (χ4n) is 11.1. The maximum atomic E-state index is 13.7. The van der Waals surface area contributed by atoms with Crippen molar-refractivity contribution >= 4 is 47.1 Å². The molecule has 4 fully saturated rings. The molecule has 0 spiro atoms. The maximum absolute atomic E-state index is 13.7. The lowest BCUT2D eigenvalue weighted by Gasteiger charge is -2.43. The van der Waals surface area contributed by atoms with Crippen molar-refractivity contribution in [1.82, 2.24) is 29.8 Å². The summed E-state index contributed by atoms with van der Waals surface area (Å²) in [6.07, 6.45) is 7.57. The van der Waals surface area contributed by atoms with E-state index in [9.17, 15) is 28.8 Å². The molecule has 1 saturated carbocycles. The molecule has 7 amide bonds. The number of imide groups is 2. The van der Waals surface area contributed by atoms with Gasteiger partial charge in [-0.3, -0.25) is 34.2 Å². The van der Waals surface area contributed by atoms with Gasteiger partial charge in [0.15, 0.2) is 0 Å². The van der Waals surface area contributed by atoms with Crippen molar-refractivity contribution in [3.63, 3.8) is 0 Å². The van der Waals surface area contributed by atoms with Gasteiger partial charge >= 0.3 is 6.03 Å². The van der Waals surface area contributed by atoms with Gasteiger partial charge in [0.1, 0.15) is 34.6 Å². The number of para-hydroxylation sites is 1. The number of piperazine rings is 1. The van der Waals surface area contributed by atoms with Crippen molar-refractivity contribution in [1.29, 1.82) is 0 Å². The van der Waals surface area contributed by atoms with Crippen LogP contribution in [0.25, 0.3) is 11.3 Å². The van der Waals surface area contributed by atoms with Crippen molar-refractivity contribution in [2.75, 3.05) is 56.0 Å². The van der Waals surface area contributed by atoms with Gasteiger partial charge in [-0.2, -0.15) is 5.10 Å². The molecular weight excluding hydrogens is 815 g/mol. The zero-order valence-corrected chi connectivity index (χ0v) is 35.7. The van der Waals surface area contributed by atoms with E-state index in [0.29, 0.717) is 66.8 Å². The molecule has 3 saturated heterocycles. The number of carbonyl (C=O) groups is 6. The topological polar surface area (TPSA) is 193 Å². The molecule has 0 bridgehead atoms. The molecule has 1 aromatic heterocycles. The number of benzene rings is 3. The second kappa shape index (κ2) is 17.1. The van der Waals surface area contributed by atoms with E-state index < -0.39 is 35.6 Å². The van der Waals surface area contributed by atoms with Crippen LogP contribution in [0.5, 0.6) is 11.5 Å². The van der Waals surface area contributed by atoms with Gasteiger partial charge in [0.2, 0.25) is 11.8 Å². The molecule has 3 aromatic carbocycles. The Hall–Kier alpha value is -6.71. The molecule has 2 atom stereocenters. The Kier molecular flexibility index (Phi) is 11.0. The minimum Gasteiger partial charge on any atom is -0.457 e. The quantitative estimate of drug-likeness (QED) is 0.186. The summed E-state index contributed by atoms with van der Waals surface area (Å²) in [6, 6.07) is 21.6. The lowest BCUT2D eigenvalue weighted by molar-refractivity contribution is -0.136. The molecule has 16 heteroatoms. The van der Waals surface area contributed by atoms with E-state index in [4.69, 9.17) is 15.6 Å². The number of likely N-dealkylation sites (tertiary alicyclic amines) is 1. The number of urea groups is 1. The van der Waals surface area contributed by atoms with Gasteiger partial charge in [0.25, 0.3) is 17.7 Å². The Morgan fingerprint density at radius 1 is 0.688 bits per heavy atom. The summed E-state index contributed by atoms with van der Waals surface area (Å²) in [7, 11) is 0. The number of primary amides is 1. The first-order chi connectivity index (χ1) is 31.1. The number of nitrogens with zero attached hydrogens (tertiary/aromatic N) is 6. The number of fused-ring (bicyclic) bond motifs is 2. The van der Waals surface area contributed by atoms with Crippen LogP contribution in [-0.4, -0.2) is 112 Å². The van der Waals surface area contributed by atoms with Gasteiger partial charge in [-0.25, -0.2) is 9.48 Å². The number of nitrogens with one attached hydrogen (secondary N) is 2. The van der Waals surface area contributed by atoms with E-state index in [1.165, 1.54) is 0 Å². The van der Waals surface area contributed by atoms with Crippen molar-refractivity contribution in [3.05, 3.63) is 89.5 Å². The molecule has 6 aliphatic rings. The number of anilines is 2. The highest BCUT2D eigenvalue weighted by Crippen LogP contribution is 2.45. The number of ether oxygens (including phenoxy) is 1. The highest BCUT2D eigenvalue weighted by atomic mass is 16.5. The zero-order valence-electron chi connectivity index (χ0n) is 35.7. The third kappa shape index (κ3) is 7.72. The van der Waals surface area contributed by atoms with Gasteiger partial charge in [-0.05, 0) is 124 Å². The summed E-state index contributed by atoms with van der Waals surface area (Å²) in [5, 5.41) is 10.7. The molecular formula is C48H53N9O7. The lowest BCUT2D eigenvalue weighted by Crippen LogP contribution is -2.54. The second-order valence-electron chi connectivity index (χ2n) is 18.0. The van der Waals surface area contributed by atoms with Crippen LogP contribution in [0.4, 0.5) is 16.3 Å². The standard InChI is InChI=1S/C48H53N9O7/c49-43(59)41-42(32-10-13-35(14-11-32)64-34-4-2-1-3-5-34)52-57-38(18-21-50-44(41)57)31-8-6-29(7-9-31)30-19-22-54(23-20-30)48(63)55-26-24-53(25-27-55)33-12-15-36-37(28-33)47(62)56(46(36)61)39-16-17-40(58)51-45(39)60/h1-5,10-15,28-31,38-39,50H,6-9,16-27H2,(H2,49,59)(H,51,58,60)/t29?,31?,38-,39?/m0/s1. The Labute approximate surface area is 371 Å². The predicted molar refractivity (Wildman–Crippen MR) is 237 cm³/mol. The number of piperidine rings is 2. The normalized spacial score (nSPS) is 23.9. The van der Waals surface area contributed by atoms with E-state index in [1.54, 1.807) is 12.1 Å². The number of hydrogen-bond acceptors (Lipinski definition) is 10. The lowest BCUT2D eigenvalue weighted by atomic mass is 9.70. The SMILES string of the molecule is NC(=O)c1c(-c2ccc(Oc3ccccc3)cc2)nn2c1NCC[C@H]2C1CCC(C2CCN(C(=O)N3CCN(c4ccc5c(c4)C(=O)N(C4CCC(=O)NC4=O)C5=O)CC3)CC2)CC1. The van der Waals surface area contributed by atoms with Crippen molar-refractivity contribution in [2.24, 2.45) is 23.5 Å². The molecule has 4 N–H and O–H groups in total. The second-order valence-corrected chi connectivity index (χ2v) is 18.0. The molecule has 1 aliphatic carbocycles. The summed E-state index contributed by atoms with van der Waals surface area (Å²) in [4.78, 5) is 84.4. The van der Waals surface area contributed by atoms with E-state index in [-0.39, 0.29) is 36.0 Å². The summed E-state index contributed by atoms with van der Waals surface area (Å²) in [6.45, 7) is 4.51. The first-order valence-electron chi connectivity index (χ1n) is 22.7. The maximum Gasteiger partial charge on any atom is 0.320 e. The first-order valence-corrected chi connectivity index (χ1v) is 22.7. The van der Waals surface area contributed by atoms with Gasteiger partial charge in [-0.1, -0.05) is 18.2 Å². The fourth-order valence-corrected chi connectivity index (χ4v) is 11.1. The summed E-state index contributed by atoms with van der Waals surface area (Å²) >= 11 is 0. The Morgan fingerprint density at radius 3 is 2.05 bits per heavy atom. The number of hydrogen-bond donors (Lipinski definition) is 3. The fraction of sp³-hybridized carbons (Fsp3) is 0.438. The van der Waals surface area contributed by atoms with E-state index in [2.05, 4.69) is 15.5 Å². The summed E-state index contributed by atoms with van der Waals surface area (Å²) < 4.78 is 8.03. The van der Waals surface area contributed by atoms with Crippen molar-refractivity contribution < 1.29 is 33.5 Å². The molecule has 10 rings (SSSR count). The molecule has 332 valence electrons. The van der Waals surface area contributed by atoms with Crippen LogP contribution >= 0.6 is 0 Å². The van der Waals surface area contributed by atoms with Gasteiger partial charge in [-0.15, -0.1) is 0 Å². The first kappa shape index (κ1) is 41.3. The van der Waals surface area contributed by atoms with Crippen LogP contribution in [0.3, 0.4) is 0 Å². The minimum atomic E-state index is -1.01. The number of carbonyl (C=O) groups excluding carboxylic acids is 6. The van der Waals surface area contributed by atoms with Crippen LogP contribution in [0.1, 0.15) is 94.9 Å². The average Bonchev–Trinajstić information content (AvgIpc) is 3.84. The van der Waals surface area contributed by atoms with Crippen LogP contribution in [0.15, 0.2) is 72.8 Å². The molecule has 1 unspecified atom stereocenters. The van der Waals surface area contributed by atoms with Crippen LogP contribution in [0, 0.1) is 17.8 Å². The summed E-state index contributed by atoms with van der Waals surface area (Å²) in [5.74, 6) is 1.20. The monoisotopic (exact) mass is 867 g/mol. The highest BCUT2D eigenvalue weighted by Gasteiger charge is 2.45. The number of amides is 7. The van der Waals surface area contributed by atoms with E-state index >= 15 is 0 Å². The van der Waals surface area contributed by atoms with Crippen molar-refractivity contribution in [3.8, 4) is 22.8 Å². The molecule has 6 heterocycles. The average molecular weight is 868 g/mol. The molecule has 5 aliphatic heterocycles. The minimum absolute atomic E-state index is 0.0696. The largest absolute Gasteiger partial charge is 0.457 e. The van der Waals surface area contributed by atoms with Gasteiger partial charge in [0.05, 0.1) is 17.2 Å². The Balaban J connectivity index is 0.708. The smallest absolute Gasteiger partial charge is 0.320 e. The highest BCUT2D eigenvalue weighted by molar-refractivity contribution is 6.23. The van der Waals surface area contributed by atoms with Crippen LogP contribution < -0.4 is 26.0 Å². The number of rotatable bonds is 8. The zero-order chi connectivity index (χ0) is 44.1. The van der Waals surface area contributed by atoms with Gasteiger partial charge < -0.3 is 30.5 Å². The third-order valence-electron chi connectivity index (χ3n) is 14.5. The van der Waals surface area contributed by atoms with Crippen LogP contribution in [-0.2, 0) is 9.59 Å².